The zero-order valence-electron chi connectivity index (χ0n) is 16.0. The van der Waals surface area contributed by atoms with E-state index in [0.29, 0.717) is 11.3 Å². The molecule has 1 aliphatic rings. The number of hydrogen-bond donors (Lipinski definition) is 2. The van der Waals surface area contributed by atoms with Crippen LogP contribution in [0.15, 0.2) is 42.5 Å². The summed E-state index contributed by atoms with van der Waals surface area (Å²) in [6.07, 6.45) is 3.99. The Bertz CT molecular complexity index is 926. The first-order valence-electron chi connectivity index (χ1n) is 9.27. The van der Waals surface area contributed by atoms with Gasteiger partial charge in [-0.15, -0.1) is 0 Å². The zero-order chi connectivity index (χ0) is 20.1. The van der Waals surface area contributed by atoms with E-state index in [1.807, 2.05) is 37.3 Å². The number of thiocarbonyl (C=S) groups is 1. The molecule has 0 atom stereocenters. The molecule has 5 nitrogen and oxygen atoms in total. The molecule has 2 aromatic carbocycles. The molecule has 1 fully saturated rings. The highest BCUT2D eigenvalue weighted by molar-refractivity contribution is 7.80. The van der Waals surface area contributed by atoms with Crippen LogP contribution in [-0.4, -0.2) is 18.1 Å². The van der Waals surface area contributed by atoms with E-state index in [1.54, 1.807) is 12.1 Å². The maximum Gasteiger partial charge on any atom is 0.261 e. The molecule has 0 heterocycles. The van der Waals surface area contributed by atoms with E-state index in [9.17, 15) is 10.1 Å². The van der Waals surface area contributed by atoms with Crippen molar-refractivity contribution in [1.29, 1.82) is 5.26 Å². The van der Waals surface area contributed by atoms with Crippen LogP contribution in [-0.2, 0) is 5.41 Å². The number of hydrogen-bond acceptors (Lipinski definition) is 4. The molecular weight excluding hydrogens is 370 g/mol. The number of methoxy groups -OCH3 is 1. The monoisotopic (exact) mass is 393 g/mol. The van der Waals surface area contributed by atoms with Gasteiger partial charge in [0.1, 0.15) is 5.75 Å². The van der Waals surface area contributed by atoms with Crippen molar-refractivity contribution in [3.8, 4) is 11.8 Å². The lowest BCUT2D eigenvalue weighted by molar-refractivity contribution is 0.0974. The van der Waals surface area contributed by atoms with Crippen molar-refractivity contribution in [2.75, 3.05) is 12.4 Å². The Labute approximate surface area is 170 Å². The number of nitrogens with one attached hydrogen (secondary N) is 2. The van der Waals surface area contributed by atoms with Gasteiger partial charge >= 0.3 is 0 Å². The van der Waals surface area contributed by atoms with Crippen molar-refractivity contribution in [2.45, 2.75) is 38.0 Å². The second-order valence-electron chi connectivity index (χ2n) is 7.04. The standard InChI is InChI=1S/C22H23N3O2S/c1-15-6-5-7-18(19(15)27-2)20(26)25-21(28)24-17-10-8-16(9-11-17)22(14-23)12-3-4-13-22/h5-11H,3-4,12-13H2,1-2H3,(H2,24,25,26,28). The highest BCUT2D eigenvalue weighted by Gasteiger charge is 2.35. The molecule has 144 valence electrons. The summed E-state index contributed by atoms with van der Waals surface area (Å²) < 4.78 is 5.33. The van der Waals surface area contributed by atoms with Crippen LogP contribution in [0.25, 0.3) is 0 Å². The van der Waals surface area contributed by atoms with E-state index in [-0.39, 0.29) is 16.4 Å². The first-order chi connectivity index (χ1) is 13.5. The number of carbonyl (C=O) groups is 1. The number of nitriles is 1. The van der Waals surface area contributed by atoms with Gasteiger partial charge in [0, 0.05) is 5.69 Å². The summed E-state index contributed by atoms with van der Waals surface area (Å²) in [5.74, 6) is 0.203. The average molecular weight is 394 g/mol. The molecule has 0 radical (unpaired) electrons. The smallest absolute Gasteiger partial charge is 0.261 e. The molecule has 0 aromatic heterocycles. The molecule has 1 amide bonds. The number of amides is 1. The third-order valence-electron chi connectivity index (χ3n) is 5.25. The molecule has 0 unspecified atom stereocenters. The van der Waals surface area contributed by atoms with E-state index in [4.69, 9.17) is 17.0 Å². The summed E-state index contributed by atoms with van der Waals surface area (Å²) in [5, 5.41) is 15.5. The van der Waals surface area contributed by atoms with Gasteiger partial charge in [0.05, 0.1) is 24.2 Å². The molecule has 3 rings (SSSR count). The number of carbonyl (C=O) groups excluding carboxylic acids is 1. The number of para-hydroxylation sites is 1. The Morgan fingerprint density at radius 3 is 2.46 bits per heavy atom. The van der Waals surface area contributed by atoms with E-state index < -0.39 is 0 Å². The van der Waals surface area contributed by atoms with Gasteiger partial charge in [-0.25, -0.2) is 0 Å². The second kappa shape index (κ2) is 8.41. The number of ether oxygens (including phenoxy) is 1. The van der Waals surface area contributed by atoms with Crippen LogP contribution in [0.2, 0.25) is 0 Å². The van der Waals surface area contributed by atoms with Gasteiger partial charge in [0.25, 0.3) is 5.91 Å². The molecule has 2 aromatic rings. The lowest BCUT2D eigenvalue weighted by Crippen LogP contribution is -2.34. The minimum atomic E-state index is -0.366. The predicted octanol–water partition coefficient (Wildman–Crippen LogP) is 4.47. The van der Waals surface area contributed by atoms with Gasteiger partial charge in [-0.05, 0) is 61.3 Å². The fraction of sp³-hybridized carbons (Fsp3) is 0.318. The number of aryl methyl sites for hydroxylation is 1. The number of rotatable bonds is 4. The predicted molar refractivity (Wildman–Crippen MR) is 114 cm³/mol. The van der Waals surface area contributed by atoms with E-state index >= 15 is 0 Å². The molecule has 6 heteroatoms. The SMILES string of the molecule is COc1c(C)cccc1C(=O)NC(=S)Nc1ccc(C2(C#N)CCCC2)cc1. The van der Waals surface area contributed by atoms with Gasteiger partial charge < -0.3 is 10.1 Å². The molecule has 28 heavy (non-hydrogen) atoms. The normalized spacial score (nSPS) is 14.8. The Morgan fingerprint density at radius 1 is 1.18 bits per heavy atom. The van der Waals surface area contributed by atoms with Gasteiger partial charge in [-0.2, -0.15) is 5.26 Å². The molecule has 0 saturated heterocycles. The Kier molecular flexibility index (Phi) is 5.96. The van der Waals surface area contributed by atoms with Gasteiger partial charge in [0.15, 0.2) is 5.11 Å². The quantitative estimate of drug-likeness (QED) is 0.750. The van der Waals surface area contributed by atoms with Gasteiger partial charge in [0.2, 0.25) is 0 Å². The highest BCUT2D eigenvalue weighted by Crippen LogP contribution is 2.40. The van der Waals surface area contributed by atoms with Gasteiger partial charge in [-0.3, -0.25) is 10.1 Å². The summed E-state index contributed by atoms with van der Waals surface area (Å²) >= 11 is 5.27. The fourth-order valence-corrected chi connectivity index (χ4v) is 3.96. The van der Waals surface area contributed by atoms with Crippen LogP contribution < -0.4 is 15.4 Å². The molecule has 0 spiro atoms. The summed E-state index contributed by atoms with van der Waals surface area (Å²) in [7, 11) is 1.54. The summed E-state index contributed by atoms with van der Waals surface area (Å²) in [6.45, 7) is 1.88. The van der Waals surface area contributed by atoms with Crippen LogP contribution in [0.5, 0.6) is 5.75 Å². The molecule has 1 saturated carbocycles. The maximum absolute atomic E-state index is 12.5. The molecule has 0 bridgehead atoms. The summed E-state index contributed by atoms with van der Waals surface area (Å²) in [4.78, 5) is 12.5. The number of benzene rings is 2. The molecule has 1 aliphatic carbocycles. The molecule has 2 N–H and O–H groups in total. The lowest BCUT2D eigenvalue weighted by atomic mass is 9.80. The van der Waals surface area contributed by atoms with Crippen LogP contribution in [0.4, 0.5) is 5.69 Å². The third kappa shape index (κ3) is 4.00. The maximum atomic E-state index is 12.5. The van der Waals surface area contributed by atoms with Crippen molar-refractivity contribution >= 4 is 28.9 Å². The minimum Gasteiger partial charge on any atom is -0.496 e. The van der Waals surface area contributed by atoms with Crippen molar-refractivity contribution in [3.63, 3.8) is 0 Å². The largest absolute Gasteiger partial charge is 0.496 e. The van der Waals surface area contributed by atoms with Crippen molar-refractivity contribution in [1.82, 2.24) is 5.32 Å². The van der Waals surface area contributed by atoms with Crippen LogP contribution in [0.3, 0.4) is 0 Å². The third-order valence-corrected chi connectivity index (χ3v) is 5.46. The van der Waals surface area contributed by atoms with Crippen molar-refractivity contribution < 1.29 is 9.53 Å². The average Bonchev–Trinajstić information content (AvgIpc) is 3.18. The van der Waals surface area contributed by atoms with E-state index in [0.717, 1.165) is 42.5 Å². The van der Waals surface area contributed by atoms with Crippen LogP contribution in [0, 0.1) is 18.3 Å². The lowest BCUT2D eigenvalue weighted by Gasteiger charge is -2.21. The molecular formula is C22H23N3O2S. The van der Waals surface area contributed by atoms with E-state index in [2.05, 4.69) is 16.7 Å². The first kappa shape index (κ1) is 19.8. The van der Waals surface area contributed by atoms with Crippen molar-refractivity contribution in [2.24, 2.45) is 0 Å². The van der Waals surface area contributed by atoms with E-state index in [1.165, 1.54) is 7.11 Å². The second-order valence-corrected chi connectivity index (χ2v) is 7.45. The number of nitrogens with zero attached hydrogens (tertiary/aromatic N) is 1. The summed E-state index contributed by atoms with van der Waals surface area (Å²) in [5.41, 5.74) is 2.74. The van der Waals surface area contributed by atoms with Gasteiger partial charge in [-0.1, -0.05) is 37.1 Å². The minimum absolute atomic E-state index is 0.206. The van der Waals surface area contributed by atoms with Crippen LogP contribution >= 0.6 is 12.2 Å². The zero-order valence-corrected chi connectivity index (χ0v) is 16.9. The first-order valence-corrected chi connectivity index (χ1v) is 9.67. The van der Waals surface area contributed by atoms with Crippen LogP contribution in [0.1, 0.15) is 47.2 Å². The van der Waals surface area contributed by atoms with Crippen molar-refractivity contribution in [3.05, 3.63) is 59.2 Å². The Balaban J connectivity index is 1.66. The molecule has 0 aliphatic heterocycles. The topological polar surface area (TPSA) is 74.2 Å². The fourth-order valence-electron chi connectivity index (χ4n) is 3.75. The Hall–Kier alpha value is -2.91. The summed E-state index contributed by atoms with van der Waals surface area (Å²) in [6, 6.07) is 15.6. The highest BCUT2D eigenvalue weighted by atomic mass is 32.1. The Morgan fingerprint density at radius 2 is 1.86 bits per heavy atom. The number of anilines is 1.